The molecular weight excluding hydrogens is 328 g/mol. The third-order valence-corrected chi connectivity index (χ3v) is 5.02. The van der Waals surface area contributed by atoms with E-state index in [0.29, 0.717) is 12.0 Å². The fourth-order valence-electron chi connectivity index (χ4n) is 3.41. The third-order valence-electron chi connectivity index (χ3n) is 4.59. The number of aromatic nitrogens is 3. The van der Waals surface area contributed by atoms with Crippen LogP contribution in [0.3, 0.4) is 0 Å². The van der Waals surface area contributed by atoms with Gasteiger partial charge >= 0.3 is 0 Å². The summed E-state index contributed by atoms with van der Waals surface area (Å²) in [6, 6.07) is 2.61. The molecule has 21 heavy (non-hydrogen) atoms. The zero-order valence-corrected chi connectivity index (χ0v) is 13.5. The van der Waals surface area contributed by atoms with Gasteiger partial charge in [-0.3, -0.25) is 4.98 Å². The molecule has 2 fully saturated rings. The monoisotopic (exact) mass is 346 g/mol. The average molecular weight is 347 g/mol. The van der Waals surface area contributed by atoms with Crippen LogP contribution in [0.1, 0.15) is 56.3 Å². The Labute approximate surface area is 132 Å². The van der Waals surface area contributed by atoms with Crippen LogP contribution in [0.2, 0.25) is 0 Å². The van der Waals surface area contributed by atoms with Crippen LogP contribution in [-0.4, -0.2) is 14.5 Å². The number of nitrogens with zero attached hydrogens (tertiary/aromatic N) is 3. The number of imidazole rings is 1. The summed E-state index contributed by atoms with van der Waals surface area (Å²) in [5.74, 6) is 2.61. The van der Waals surface area contributed by atoms with Crippen molar-refractivity contribution < 1.29 is 0 Å². The summed E-state index contributed by atoms with van der Waals surface area (Å²) in [5.41, 5.74) is 8.35. The lowest BCUT2D eigenvalue weighted by molar-refractivity contribution is 0.596. The molecule has 0 amide bonds. The van der Waals surface area contributed by atoms with Crippen molar-refractivity contribution in [2.45, 2.75) is 50.5 Å². The van der Waals surface area contributed by atoms with E-state index in [1.165, 1.54) is 44.3 Å². The fourth-order valence-corrected chi connectivity index (χ4v) is 3.77. The number of pyridine rings is 1. The maximum Gasteiger partial charge on any atom is 0.132 e. The van der Waals surface area contributed by atoms with Crippen LogP contribution < -0.4 is 5.73 Å². The van der Waals surface area contributed by atoms with Crippen LogP contribution in [0.15, 0.2) is 22.9 Å². The Morgan fingerprint density at radius 3 is 2.57 bits per heavy atom. The molecule has 4 nitrogen and oxygen atoms in total. The molecule has 2 saturated carbocycles. The number of hydrogen-bond acceptors (Lipinski definition) is 3. The highest BCUT2D eigenvalue weighted by atomic mass is 79.9. The van der Waals surface area contributed by atoms with E-state index >= 15 is 0 Å². The van der Waals surface area contributed by atoms with Gasteiger partial charge in [-0.1, -0.05) is 12.8 Å². The molecule has 0 atom stereocenters. The lowest BCUT2D eigenvalue weighted by Gasteiger charge is -2.12. The summed E-state index contributed by atoms with van der Waals surface area (Å²) in [6.07, 6.45) is 11.2. The fraction of sp³-hybridized carbons (Fsp3) is 0.500. The number of halogens is 1. The number of hydrogen-bond donors (Lipinski definition) is 1. The van der Waals surface area contributed by atoms with Gasteiger partial charge in [0, 0.05) is 34.4 Å². The smallest absolute Gasteiger partial charge is 0.132 e. The molecule has 5 heteroatoms. The Bertz CT molecular complexity index is 669. The van der Waals surface area contributed by atoms with E-state index in [1.54, 1.807) is 6.20 Å². The van der Waals surface area contributed by atoms with Crippen LogP contribution in [0, 0.1) is 0 Å². The molecule has 0 saturated heterocycles. The molecule has 2 aromatic heterocycles. The minimum absolute atomic E-state index is 0.571. The Kier molecular flexibility index (Phi) is 3.25. The van der Waals surface area contributed by atoms with Crippen molar-refractivity contribution in [1.82, 2.24) is 14.5 Å². The van der Waals surface area contributed by atoms with Crippen LogP contribution >= 0.6 is 15.9 Å². The molecule has 0 aliphatic heterocycles. The van der Waals surface area contributed by atoms with E-state index in [-0.39, 0.29) is 0 Å². The second-order valence-electron chi connectivity index (χ2n) is 6.18. The van der Waals surface area contributed by atoms with Crippen LogP contribution in [0.4, 0.5) is 5.82 Å². The summed E-state index contributed by atoms with van der Waals surface area (Å²) < 4.78 is 3.27. The highest BCUT2D eigenvalue weighted by molar-refractivity contribution is 9.10. The largest absolute Gasteiger partial charge is 0.383 e. The van der Waals surface area contributed by atoms with Crippen molar-refractivity contribution in [3.8, 4) is 11.3 Å². The number of nitrogens with two attached hydrogens (primary N) is 1. The molecule has 4 rings (SSSR count). The van der Waals surface area contributed by atoms with Crippen molar-refractivity contribution >= 4 is 21.7 Å². The molecular formula is C16H19BrN4. The zero-order chi connectivity index (χ0) is 14.4. The Hall–Kier alpha value is -1.36. The molecule has 2 aliphatic rings. The Balaban J connectivity index is 1.82. The van der Waals surface area contributed by atoms with Gasteiger partial charge in [-0.2, -0.15) is 0 Å². The molecule has 2 heterocycles. The first kappa shape index (κ1) is 13.3. The van der Waals surface area contributed by atoms with Gasteiger partial charge in [-0.25, -0.2) is 4.98 Å². The topological polar surface area (TPSA) is 56.7 Å². The van der Waals surface area contributed by atoms with E-state index in [2.05, 4.69) is 25.5 Å². The van der Waals surface area contributed by atoms with Crippen molar-refractivity contribution in [2.24, 2.45) is 0 Å². The van der Waals surface area contributed by atoms with E-state index in [9.17, 15) is 0 Å². The van der Waals surface area contributed by atoms with Crippen molar-refractivity contribution in [3.63, 3.8) is 0 Å². The maximum absolute atomic E-state index is 6.45. The normalized spacial score (nSPS) is 19.3. The van der Waals surface area contributed by atoms with Crippen LogP contribution in [0.5, 0.6) is 0 Å². The number of nitrogen functional groups attached to an aromatic ring is 1. The summed E-state index contributed by atoms with van der Waals surface area (Å²) >= 11 is 3.48. The third kappa shape index (κ3) is 2.37. The van der Waals surface area contributed by atoms with Gasteiger partial charge in [0.2, 0.25) is 0 Å². The summed E-state index contributed by atoms with van der Waals surface area (Å²) in [4.78, 5) is 9.19. The summed E-state index contributed by atoms with van der Waals surface area (Å²) in [7, 11) is 0. The quantitative estimate of drug-likeness (QED) is 0.901. The summed E-state index contributed by atoms with van der Waals surface area (Å²) in [5, 5.41) is 0. The molecule has 110 valence electrons. The molecule has 0 unspecified atom stereocenters. The van der Waals surface area contributed by atoms with Gasteiger partial charge in [0.1, 0.15) is 17.3 Å². The van der Waals surface area contributed by atoms with Crippen LogP contribution in [0.25, 0.3) is 11.3 Å². The minimum atomic E-state index is 0.571. The Morgan fingerprint density at radius 2 is 1.90 bits per heavy atom. The van der Waals surface area contributed by atoms with E-state index < -0.39 is 0 Å². The van der Waals surface area contributed by atoms with Gasteiger partial charge in [0.25, 0.3) is 0 Å². The standard InChI is InChI=1S/C16H19BrN4/c17-12-7-11(8-19-9-12)14-15(18)21(13-5-6-13)16(20-14)10-3-1-2-4-10/h7-10,13H,1-6,18H2. The lowest BCUT2D eigenvalue weighted by atomic mass is 10.1. The predicted molar refractivity (Wildman–Crippen MR) is 87.1 cm³/mol. The maximum atomic E-state index is 6.45. The van der Waals surface area contributed by atoms with E-state index in [1.807, 2.05) is 12.3 Å². The highest BCUT2D eigenvalue weighted by Crippen LogP contribution is 2.45. The molecule has 0 bridgehead atoms. The lowest BCUT2D eigenvalue weighted by Crippen LogP contribution is -2.08. The highest BCUT2D eigenvalue weighted by Gasteiger charge is 2.33. The van der Waals surface area contributed by atoms with Crippen LogP contribution in [-0.2, 0) is 0 Å². The van der Waals surface area contributed by atoms with E-state index in [4.69, 9.17) is 10.7 Å². The van der Waals surface area contributed by atoms with Gasteiger partial charge in [0.15, 0.2) is 0 Å². The first-order chi connectivity index (χ1) is 10.2. The van der Waals surface area contributed by atoms with Crippen molar-refractivity contribution in [3.05, 3.63) is 28.8 Å². The van der Waals surface area contributed by atoms with Crippen molar-refractivity contribution in [2.75, 3.05) is 5.73 Å². The van der Waals surface area contributed by atoms with Gasteiger partial charge in [-0.15, -0.1) is 0 Å². The first-order valence-electron chi connectivity index (χ1n) is 7.72. The SMILES string of the molecule is Nc1c(-c2cncc(Br)c2)nc(C2CCCC2)n1C1CC1. The Morgan fingerprint density at radius 1 is 1.14 bits per heavy atom. The number of rotatable bonds is 3. The van der Waals surface area contributed by atoms with Gasteiger partial charge in [-0.05, 0) is 47.7 Å². The van der Waals surface area contributed by atoms with Crippen molar-refractivity contribution in [1.29, 1.82) is 0 Å². The van der Waals surface area contributed by atoms with E-state index in [0.717, 1.165) is 21.5 Å². The minimum Gasteiger partial charge on any atom is -0.383 e. The molecule has 0 spiro atoms. The van der Waals surface area contributed by atoms with Gasteiger partial charge < -0.3 is 10.3 Å². The first-order valence-corrected chi connectivity index (χ1v) is 8.52. The zero-order valence-electron chi connectivity index (χ0n) is 11.9. The molecule has 2 aliphatic carbocycles. The second kappa shape index (κ2) is 5.13. The molecule has 2 aromatic rings. The molecule has 0 aromatic carbocycles. The molecule has 0 radical (unpaired) electrons. The molecule has 2 N–H and O–H groups in total. The number of anilines is 1. The second-order valence-corrected chi connectivity index (χ2v) is 7.09. The van der Waals surface area contributed by atoms with Gasteiger partial charge in [0.05, 0.1) is 0 Å². The summed E-state index contributed by atoms with van der Waals surface area (Å²) in [6.45, 7) is 0. The predicted octanol–water partition coefficient (Wildman–Crippen LogP) is 4.28. The average Bonchev–Trinajstić information content (AvgIpc) is 3.04.